The summed E-state index contributed by atoms with van der Waals surface area (Å²) in [4.78, 5) is 2.30. The van der Waals surface area contributed by atoms with Crippen molar-refractivity contribution in [1.82, 2.24) is 4.90 Å². The molecule has 1 unspecified atom stereocenters. The molecule has 2 rings (SSSR count). The van der Waals surface area contributed by atoms with E-state index in [9.17, 15) is 0 Å². The zero-order chi connectivity index (χ0) is 10.7. The number of nitrogens with two attached hydrogens (primary N) is 1. The summed E-state index contributed by atoms with van der Waals surface area (Å²) in [7, 11) is 0. The topological polar surface area (TPSA) is 49.5 Å². The fraction of sp³-hybridized carbons (Fsp3) is 0.500. The lowest BCUT2D eigenvalue weighted by Gasteiger charge is -2.21. The summed E-state index contributed by atoms with van der Waals surface area (Å²) in [6.07, 6.45) is 0.885. The van der Waals surface area contributed by atoms with Gasteiger partial charge >= 0.3 is 0 Å². The van der Waals surface area contributed by atoms with Gasteiger partial charge in [-0.25, -0.2) is 0 Å². The Kier molecular flexibility index (Phi) is 3.05. The average Bonchev–Trinajstić information content (AvgIpc) is 2.63. The van der Waals surface area contributed by atoms with Gasteiger partial charge in [-0.2, -0.15) is 0 Å². The van der Waals surface area contributed by atoms with Crippen LogP contribution in [-0.4, -0.2) is 35.2 Å². The standard InChI is InChI=1S/C12H18N2O/c13-12(10-15)6-7-14(9-12)8-11-4-2-1-3-5-11/h1-5,15H,6-10,13H2. The molecule has 0 amide bonds. The molecule has 0 radical (unpaired) electrons. The molecule has 0 spiro atoms. The van der Waals surface area contributed by atoms with E-state index < -0.39 is 0 Å². The van der Waals surface area contributed by atoms with Crippen molar-refractivity contribution in [2.24, 2.45) is 5.73 Å². The van der Waals surface area contributed by atoms with Gasteiger partial charge in [-0.1, -0.05) is 30.3 Å². The molecule has 1 saturated heterocycles. The predicted molar refractivity (Wildman–Crippen MR) is 60.3 cm³/mol. The third-order valence-corrected chi connectivity index (χ3v) is 3.03. The first kappa shape index (κ1) is 10.6. The van der Waals surface area contributed by atoms with Crippen LogP contribution in [0.5, 0.6) is 0 Å². The van der Waals surface area contributed by atoms with Crippen molar-refractivity contribution in [3.8, 4) is 0 Å². The van der Waals surface area contributed by atoms with Crippen LogP contribution < -0.4 is 5.73 Å². The maximum Gasteiger partial charge on any atom is 0.0624 e. The largest absolute Gasteiger partial charge is 0.394 e. The normalized spacial score (nSPS) is 27.1. The van der Waals surface area contributed by atoms with E-state index in [1.807, 2.05) is 18.2 Å². The summed E-state index contributed by atoms with van der Waals surface area (Å²) < 4.78 is 0. The molecule has 1 aromatic rings. The number of aliphatic hydroxyl groups excluding tert-OH is 1. The van der Waals surface area contributed by atoms with Crippen LogP contribution in [0.25, 0.3) is 0 Å². The summed E-state index contributed by atoms with van der Waals surface area (Å²) in [5, 5.41) is 9.16. The van der Waals surface area contributed by atoms with Gasteiger partial charge < -0.3 is 10.8 Å². The van der Waals surface area contributed by atoms with Gasteiger partial charge in [-0.05, 0) is 12.0 Å². The van der Waals surface area contributed by atoms with Gasteiger partial charge in [0, 0.05) is 19.6 Å². The Morgan fingerprint density at radius 1 is 1.33 bits per heavy atom. The minimum atomic E-state index is -0.380. The highest BCUT2D eigenvalue weighted by Gasteiger charge is 2.33. The van der Waals surface area contributed by atoms with Crippen LogP contribution in [0.15, 0.2) is 30.3 Å². The Morgan fingerprint density at radius 3 is 2.67 bits per heavy atom. The van der Waals surface area contributed by atoms with Crippen molar-refractivity contribution in [3.63, 3.8) is 0 Å². The second kappa shape index (κ2) is 4.31. The van der Waals surface area contributed by atoms with Crippen molar-refractivity contribution in [3.05, 3.63) is 35.9 Å². The van der Waals surface area contributed by atoms with Crippen molar-refractivity contribution < 1.29 is 5.11 Å². The highest BCUT2D eigenvalue weighted by molar-refractivity contribution is 5.15. The van der Waals surface area contributed by atoms with E-state index in [0.717, 1.165) is 26.1 Å². The molecule has 15 heavy (non-hydrogen) atoms. The molecule has 1 aliphatic rings. The highest BCUT2D eigenvalue weighted by atomic mass is 16.3. The quantitative estimate of drug-likeness (QED) is 0.760. The molecule has 0 saturated carbocycles. The van der Waals surface area contributed by atoms with Gasteiger partial charge in [0.1, 0.15) is 0 Å². The molecule has 1 fully saturated rings. The molecule has 1 aliphatic heterocycles. The van der Waals surface area contributed by atoms with Crippen molar-refractivity contribution in [2.45, 2.75) is 18.5 Å². The zero-order valence-electron chi connectivity index (χ0n) is 8.89. The van der Waals surface area contributed by atoms with E-state index in [4.69, 9.17) is 10.8 Å². The summed E-state index contributed by atoms with van der Waals surface area (Å²) in [6, 6.07) is 10.4. The van der Waals surface area contributed by atoms with E-state index in [0.29, 0.717) is 0 Å². The molecular formula is C12H18N2O. The summed E-state index contributed by atoms with van der Waals surface area (Å²) in [6.45, 7) is 2.78. The smallest absolute Gasteiger partial charge is 0.0624 e. The van der Waals surface area contributed by atoms with Crippen LogP contribution >= 0.6 is 0 Å². The lowest BCUT2D eigenvalue weighted by Crippen LogP contribution is -2.45. The number of hydrogen-bond acceptors (Lipinski definition) is 3. The maximum absolute atomic E-state index is 9.16. The third-order valence-electron chi connectivity index (χ3n) is 3.03. The Labute approximate surface area is 90.5 Å². The number of hydrogen-bond donors (Lipinski definition) is 2. The second-order valence-electron chi connectivity index (χ2n) is 4.47. The monoisotopic (exact) mass is 206 g/mol. The number of rotatable bonds is 3. The molecule has 3 N–H and O–H groups in total. The van der Waals surface area contributed by atoms with Crippen molar-refractivity contribution in [1.29, 1.82) is 0 Å². The lowest BCUT2D eigenvalue weighted by molar-refractivity contribution is 0.192. The molecule has 1 heterocycles. The highest BCUT2D eigenvalue weighted by Crippen LogP contribution is 2.19. The van der Waals surface area contributed by atoms with Crippen LogP contribution in [0.3, 0.4) is 0 Å². The Hall–Kier alpha value is -0.900. The molecule has 0 aliphatic carbocycles. The van der Waals surface area contributed by atoms with E-state index in [-0.39, 0.29) is 12.1 Å². The van der Waals surface area contributed by atoms with E-state index in [1.54, 1.807) is 0 Å². The minimum Gasteiger partial charge on any atom is -0.394 e. The molecular weight excluding hydrogens is 188 g/mol. The average molecular weight is 206 g/mol. The van der Waals surface area contributed by atoms with Crippen LogP contribution in [-0.2, 0) is 6.54 Å². The van der Waals surface area contributed by atoms with Crippen LogP contribution in [0.2, 0.25) is 0 Å². The molecule has 3 heteroatoms. The fourth-order valence-electron chi connectivity index (χ4n) is 2.09. The third kappa shape index (κ3) is 2.56. The minimum absolute atomic E-state index is 0.0816. The number of likely N-dealkylation sites (tertiary alicyclic amines) is 1. The number of aliphatic hydroxyl groups is 1. The Balaban J connectivity index is 1.93. The van der Waals surface area contributed by atoms with Crippen LogP contribution in [0.4, 0.5) is 0 Å². The predicted octanol–water partition coefficient (Wildman–Crippen LogP) is 0.582. The molecule has 0 aromatic heterocycles. The van der Waals surface area contributed by atoms with Gasteiger partial charge in [0.25, 0.3) is 0 Å². The van der Waals surface area contributed by atoms with Gasteiger partial charge in [0.15, 0.2) is 0 Å². The molecule has 0 bridgehead atoms. The van der Waals surface area contributed by atoms with E-state index in [1.165, 1.54) is 5.56 Å². The summed E-state index contributed by atoms with van der Waals surface area (Å²) >= 11 is 0. The molecule has 1 atom stereocenters. The second-order valence-corrected chi connectivity index (χ2v) is 4.47. The zero-order valence-corrected chi connectivity index (χ0v) is 8.89. The van der Waals surface area contributed by atoms with Crippen molar-refractivity contribution >= 4 is 0 Å². The van der Waals surface area contributed by atoms with E-state index in [2.05, 4.69) is 17.0 Å². The first-order valence-corrected chi connectivity index (χ1v) is 5.38. The van der Waals surface area contributed by atoms with Crippen LogP contribution in [0.1, 0.15) is 12.0 Å². The van der Waals surface area contributed by atoms with Crippen molar-refractivity contribution in [2.75, 3.05) is 19.7 Å². The van der Waals surface area contributed by atoms with Gasteiger partial charge in [-0.15, -0.1) is 0 Å². The van der Waals surface area contributed by atoms with Gasteiger partial charge in [0.2, 0.25) is 0 Å². The Bertz CT molecular complexity index is 315. The SMILES string of the molecule is NC1(CO)CCN(Cc2ccccc2)C1. The first-order valence-electron chi connectivity index (χ1n) is 5.38. The number of nitrogens with zero attached hydrogens (tertiary/aromatic N) is 1. The summed E-state index contributed by atoms with van der Waals surface area (Å²) in [5.74, 6) is 0. The van der Waals surface area contributed by atoms with Gasteiger partial charge in [0.05, 0.1) is 12.1 Å². The Morgan fingerprint density at radius 2 is 2.07 bits per heavy atom. The first-order chi connectivity index (χ1) is 7.22. The molecule has 1 aromatic carbocycles. The summed E-state index contributed by atoms with van der Waals surface area (Å²) in [5.41, 5.74) is 6.94. The number of benzene rings is 1. The fourth-order valence-corrected chi connectivity index (χ4v) is 2.09. The maximum atomic E-state index is 9.16. The van der Waals surface area contributed by atoms with E-state index >= 15 is 0 Å². The lowest BCUT2D eigenvalue weighted by atomic mass is 10.0. The van der Waals surface area contributed by atoms with Gasteiger partial charge in [-0.3, -0.25) is 4.90 Å². The van der Waals surface area contributed by atoms with Crippen LogP contribution in [0, 0.1) is 0 Å². The molecule has 82 valence electrons. The molecule has 3 nitrogen and oxygen atoms in total.